The van der Waals surface area contributed by atoms with Crippen LogP contribution in [0.5, 0.6) is 0 Å². The van der Waals surface area contributed by atoms with Gasteiger partial charge >= 0.3 is 0 Å². The Morgan fingerprint density at radius 1 is 1.06 bits per heavy atom. The molecule has 1 aliphatic rings. The zero-order valence-corrected chi connectivity index (χ0v) is 12.9. The largest absolute Gasteiger partial charge is 0.361 e. The van der Waals surface area contributed by atoms with Crippen molar-refractivity contribution in [2.45, 2.75) is 66.2 Å². The van der Waals surface area contributed by atoms with E-state index in [1.165, 1.54) is 23.4 Å². The quantitative estimate of drug-likeness (QED) is 0.642. The lowest BCUT2D eigenvalue weighted by atomic mass is 9.76. The first-order valence-corrected chi connectivity index (χ1v) is 7.03. The predicted molar refractivity (Wildman–Crippen MR) is 80.0 cm³/mol. The Hall–Kier alpha value is -0.980. The van der Waals surface area contributed by atoms with Gasteiger partial charge in [-0.15, -0.1) is 0 Å². The summed E-state index contributed by atoms with van der Waals surface area (Å²) in [4.78, 5) is 3.65. The van der Waals surface area contributed by atoms with Crippen LogP contribution in [0, 0.1) is 5.41 Å². The van der Waals surface area contributed by atoms with Gasteiger partial charge in [-0.3, -0.25) is 0 Å². The highest BCUT2D eigenvalue weighted by Gasteiger charge is 2.28. The molecule has 0 radical (unpaired) electrons. The number of hydrogen-bond acceptors (Lipinski definition) is 0. The van der Waals surface area contributed by atoms with Crippen LogP contribution < -0.4 is 0 Å². The molecule has 0 aromatic carbocycles. The van der Waals surface area contributed by atoms with Crippen molar-refractivity contribution in [1.82, 2.24) is 4.98 Å². The van der Waals surface area contributed by atoms with E-state index in [2.05, 4.69) is 65.6 Å². The van der Waals surface area contributed by atoms with E-state index in [9.17, 15) is 0 Å². The summed E-state index contributed by atoms with van der Waals surface area (Å²) in [6.07, 6.45) is 3.58. The molecule has 0 spiro atoms. The van der Waals surface area contributed by atoms with Crippen LogP contribution in [0.15, 0.2) is 11.6 Å². The van der Waals surface area contributed by atoms with Crippen LogP contribution in [0.3, 0.4) is 0 Å². The third-order valence-corrected chi connectivity index (χ3v) is 4.00. The Labute approximate surface area is 112 Å². The van der Waals surface area contributed by atoms with E-state index in [4.69, 9.17) is 0 Å². The minimum Gasteiger partial charge on any atom is -0.361 e. The van der Waals surface area contributed by atoms with Crippen LogP contribution >= 0.6 is 0 Å². The zero-order chi connectivity index (χ0) is 13.7. The van der Waals surface area contributed by atoms with Crippen molar-refractivity contribution in [2.24, 2.45) is 5.41 Å². The molecule has 18 heavy (non-hydrogen) atoms. The van der Waals surface area contributed by atoms with Gasteiger partial charge in [-0.25, -0.2) is 0 Å². The van der Waals surface area contributed by atoms with Crippen molar-refractivity contribution >= 4 is 6.08 Å². The van der Waals surface area contributed by atoms with Gasteiger partial charge < -0.3 is 4.98 Å². The lowest BCUT2D eigenvalue weighted by molar-refractivity contribution is 0.468. The van der Waals surface area contributed by atoms with Gasteiger partial charge in [-0.05, 0) is 23.5 Å². The number of hydrogen-bond donors (Lipinski definition) is 1. The molecule has 0 fully saturated rings. The SMILES string of the molecule is CC1CC(C(C)(C)C)=Cc2cc(C(C)(C)C)[nH]c21. The van der Waals surface area contributed by atoms with E-state index in [1.54, 1.807) is 5.57 Å². The summed E-state index contributed by atoms with van der Waals surface area (Å²) in [7, 11) is 0. The fourth-order valence-corrected chi connectivity index (χ4v) is 2.62. The molecule has 0 amide bonds. The van der Waals surface area contributed by atoms with Crippen molar-refractivity contribution in [1.29, 1.82) is 0 Å². The molecular formula is C17H27N. The van der Waals surface area contributed by atoms with Gasteiger partial charge in [0.2, 0.25) is 0 Å². The van der Waals surface area contributed by atoms with Crippen molar-refractivity contribution in [2.75, 3.05) is 0 Å². The minimum absolute atomic E-state index is 0.201. The van der Waals surface area contributed by atoms with Gasteiger partial charge in [0, 0.05) is 22.7 Å². The first-order chi connectivity index (χ1) is 8.09. The summed E-state index contributed by atoms with van der Waals surface area (Å²) in [6.45, 7) is 16.1. The third-order valence-electron chi connectivity index (χ3n) is 4.00. The minimum atomic E-state index is 0.201. The van der Waals surface area contributed by atoms with Crippen molar-refractivity contribution < 1.29 is 0 Å². The molecule has 0 aliphatic heterocycles. The Balaban J connectivity index is 2.48. The molecule has 0 bridgehead atoms. The molecule has 0 saturated heterocycles. The highest BCUT2D eigenvalue weighted by Crippen LogP contribution is 2.41. The van der Waals surface area contributed by atoms with Crippen LogP contribution in [-0.2, 0) is 5.41 Å². The van der Waals surface area contributed by atoms with Gasteiger partial charge in [0.25, 0.3) is 0 Å². The summed E-state index contributed by atoms with van der Waals surface area (Å²) >= 11 is 0. The molecule has 1 nitrogen and oxygen atoms in total. The van der Waals surface area contributed by atoms with Gasteiger partial charge in [-0.2, -0.15) is 0 Å². The Bertz CT molecular complexity index is 475. The maximum Gasteiger partial charge on any atom is 0.0254 e. The molecule has 100 valence electrons. The molecule has 1 heteroatoms. The van der Waals surface area contributed by atoms with Crippen molar-refractivity contribution in [3.63, 3.8) is 0 Å². The Kier molecular flexibility index (Phi) is 3.00. The van der Waals surface area contributed by atoms with E-state index >= 15 is 0 Å². The summed E-state index contributed by atoms with van der Waals surface area (Å²) in [5.41, 5.74) is 6.24. The summed E-state index contributed by atoms with van der Waals surface area (Å²) < 4.78 is 0. The topological polar surface area (TPSA) is 15.8 Å². The first kappa shape index (κ1) is 13.5. The van der Waals surface area contributed by atoms with Crippen LogP contribution in [0.4, 0.5) is 0 Å². The van der Waals surface area contributed by atoms with E-state index in [0.717, 1.165) is 0 Å². The Morgan fingerprint density at radius 2 is 1.67 bits per heavy atom. The van der Waals surface area contributed by atoms with Crippen LogP contribution in [-0.4, -0.2) is 4.98 Å². The number of aromatic amines is 1. The average molecular weight is 245 g/mol. The maximum absolute atomic E-state index is 3.65. The lowest BCUT2D eigenvalue weighted by Crippen LogP contribution is -2.15. The van der Waals surface area contributed by atoms with E-state index in [1.807, 2.05) is 0 Å². The average Bonchev–Trinajstić information content (AvgIpc) is 2.59. The third kappa shape index (κ3) is 2.41. The number of nitrogens with one attached hydrogen (secondary N) is 1. The van der Waals surface area contributed by atoms with Crippen LogP contribution in [0.25, 0.3) is 6.08 Å². The number of aromatic nitrogens is 1. The summed E-state index contributed by atoms with van der Waals surface area (Å²) in [5.74, 6) is 0.607. The molecule has 1 N–H and O–H groups in total. The smallest absolute Gasteiger partial charge is 0.0254 e. The molecule has 1 aliphatic carbocycles. The van der Waals surface area contributed by atoms with Gasteiger partial charge in [0.15, 0.2) is 0 Å². The highest BCUT2D eigenvalue weighted by molar-refractivity contribution is 5.62. The standard InChI is InChI=1S/C17H27N/c1-11-8-13(16(2,3)4)9-12-10-14(17(5,6)7)18-15(11)12/h9-11,18H,8H2,1-7H3. The molecule has 1 aromatic rings. The molecule has 1 heterocycles. The first-order valence-electron chi connectivity index (χ1n) is 7.03. The summed E-state index contributed by atoms with van der Waals surface area (Å²) in [6, 6.07) is 2.34. The number of H-pyrrole nitrogens is 1. The van der Waals surface area contributed by atoms with E-state index in [-0.39, 0.29) is 10.8 Å². The molecule has 1 unspecified atom stereocenters. The number of rotatable bonds is 0. The molecule has 2 rings (SSSR count). The van der Waals surface area contributed by atoms with Crippen LogP contribution in [0.2, 0.25) is 0 Å². The van der Waals surface area contributed by atoms with Crippen LogP contribution in [0.1, 0.15) is 77.8 Å². The molecule has 0 saturated carbocycles. The van der Waals surface area contributed by atoms with Crippen molar-refractivity contribution in [3.05, 3.63) is 28.6 Å². The maximum atomic E-state index is 3.65. The van der Waals surface area contributed by atoms with Gasteiger partial charge in [-0.1, -0.05) is 60.1 Å². The van der Waals surface area contributed by atoms with E-state index in [0.29, 0.717) is 5.92 Å². The molecular weight excluding hydrogens is 218 g/mol. The van der Waals surface area contributed by atoms with Gasteiger partial charge in [0.1, 0.15) is 0 Å². The van der Waals surface area contributed by atoms with Crippen molar-refractivity contribution in [3.8, 4) is 0 Å². The van der Waals surface area contributed by atoms with Gasteiger partial charge in [0.05, 0.1) is 0 Å². The highest BCUT2D eigenvalue weighted by atomic mass is 14.8. The number of fused-ring (bicyclic) bond motifs is 1. The zero-order valence-electron chi connectivity index (χ0n) is 12.9. The van der Waals surface area contributed by atoms with E-state index < -0.39 is 0 Å². The Morgan fingerprint density at radius 3 is 2.17 bits per heavy atom. The second-order valence-corrected chi connectivity index (χ2v) is 7.83. The second kappa shape index (κ2) is 4.01. The molecule has 1 aromatic heterocycles. The predicted octanol–water partition coefficient (Wildman–Crippen LogP) is 5.25. The number of allylic oxidation sites excluding steroid dienone is 1. The monoisotopic (exact) mass is 245 g/mol. The lowest BCUT2D eigenvalue weighted by Gasteiger charge is -2.29. The fraction of sp³-hybridized carbons (Fsp3) is 0.647. The second-order valence-electron chi connectivity index (χ2n) is 7.83. The molecule has 1 atom stereocenters. The normalized spacial score (nSPS) is 20.6. The summed E-state index contributed by atoms with van der Waals surface area (Å²) in [5, 5.41) is 0. The fourth-order valence-electron chi connectivity index (χ4n) is 2.62.